The maximum atomic E-state index is 12.8. The van der Waals surface area contributed by atoms with Crippen LogP contribution in [0.5, 0.6) is 0 Å². The number of hydrogen-bond donors (Lipinski definition) is 10. The van der Waals surface area contributed by atoms with Crippen molar-refractivity contribution in [2.45, 2.75) is 44.3 Å². The number of nitrogen functional groups attached to an aromatic ring is 1. The summed E-state index contributed by atoms with van der Waals surface area (Å²) in [6.45, 7) is 1.15. The van der Waals surface area contributed by atoms with Crippen molar-refractivity contribution in [3.8, 4) is 0 Å². The van der Waals surface area contributed by atoms with Crippen LogP contribution in [0.3, 0.4) is 0 Å². The molecule has 3 aromatic rings. The molecule has 3 amide bonds. The lowest BCUT2D eigenvalue weighted by Crippen LogP contribution is -2.47. The largest absolute Gasteiger partial charge is 0.480 e. The molecule has 22 nitrogen and oxygen atoms in total. The number of aromatic amines is 1. The number of nitrogens with two attached hydrogens (primary N) is 1. The van der Waals surface area contributed by atoms with Crippen molar-refractivity contribution < 1.29 is 54.0 Å². The highest BCUT2D eigenvalue weighted by Gasteiger charge is 2.29. The van der Waals surface area contributed by atoms with E-state index in [0.717, 1.165) is 5.56 Å². The molecule has 2 aromatic carbocycles. The van der Waals surface area contributed by atoms with Crippen LogP contribution in [0.2, 0.25) is 0 Å². The fourth-order valence-electron chi connectivity index (χ4n) is 6.51. The Labute approximate surface area is 343 Å². The quantitative estimate of drug-likeness (QED) is 0.0554. The van der Waals surface area contributed by atoms with Crippen molar-refractivity contribution in [2.24, 2.45) is 0 Å². The summed E-state index contributed by atoms with van der Waals surface area (Å²) >= 11 is 0. The van der Waals surface area contributed by atoms with Crippen molar-refractivity contribution in [1.82, 2.24) is 40.6 Å². The van der Waals surface area contributed by atoms with Crippen LogP contribution in [0.1, 0.15) is 41.6 Å². The molecule has 1 fully saturated rings. The van der Waals surface area contributed by atoms with E-state index in [4.69, 9.17) is 5.73 Å². The van der Waals surface area contributed by atoms with Crippen molar-refractivity contribution in [3.05, 3.63) is 63.9 Å². The molecule has 1 saturated heterocycles. The van der Waals surface area contributed by atoms with Gasteiger partial charge < -0.3 is 47.4 Å². The van der Waals surface area contributed by atoms with Gasteiger partial charge in [-0.25, -0.2) is 9.78 Å². The van der Waals surface area contributed by atoms with Gasteiger partial charge in [-0.3, -0.25) is 53.2 Å². The number of carbonyl (C=O) groups is 7. The summed E-state index contributed by atoms with van der Waals surface area (Å²) in [4.78, 5) is 108. The third-order valence-corrected chi connectivity index (χ3v) is 9.69. The van der Waals surface area contributed by atoms with E-state index in [9.17, 15) is 58.8 Å². The normalized spacial score (nSPS) is 15.1. The van der Waals surface area contributed by atoms with Gasteiger partial charge in [0.15, 0.2) is 0 Å². The summed E-state index contributed by atoms with van der Waals surface area (Å²) in [6.07, 6.45) is -0.728. The number of H-pyrrole nitrogens is 1. The molecular formula is C38H50N10O12. The molecule has 1 aliphatic heterocycles. The molecule has 2 heterocycles. The van der Waals surface area contributed by atoms with Gasteiger partial charge in [0.05, 0.1) is 24.0 Å². The summed E-state index contributed by atoms with van der Waals surface area (Å²) in [5.41, 5.74) is 7.33. The molecule has 4 rings (SSSR count). The van der Waals surface area contributed by atoms with Crippen LogP contribution in [-0.4, -0.2) is 164 Å². The van der Waals surface area contributed by atoms with Crippen LogP contribution in [0.15, 0.2) is 47.3 Å². The van der Waals surface area contributed by atoms with E-state index in [1.807, 2.05) is 0 Å². The van der Waals surface area contributed by atoms with Gasteiger partial charge in [0, 0.05) is 83.0 Å². The second-order valence-electron chi connectivity index (χ2n) is 14.1. The number of carboxylic acids is 4. The molecule has 11 N–H and O–H groups in total. The SMILES string of the molecule is Nc1nc2ccc(CNc3ccc(C(=O)N[C@@H](CCC(=O)NCCNC(=O)CCC(C(=O)O)N4CCN(CC(=O)O)CCN(CC(=O)O)CC4)C(=O)O)cc3)cc2c(=O)[nH]1. The minimum Gasteiger partial charge on any atom is -0.480 e. The lowest BCUT2D eigenvalue weighted by atomic mass is 10.1. The van der Waals surface area contributed by atoms with Gasteiger partial charge in [-0.15, -0.1) is 0 Å². The Balaban J connectivity index is 1.17. The third-order valence-electron chi connectivity index (χ3n) is 9.69. The van der Waals surface area contributed by atoms with E-state index in [1.165, 1.54) is 12.1 Å². The van der Waals surface area contributed by atoms with E-state index in [1.54, 1.807) is 45.0 Å². The van der Waals surface area contributed by atoms with Gasteiger partial charge in [0.1, 0.15) is 12.1 Å². The first-order valence-corrected chi connectivity index (χ1v) is 19.1. The van der Waals surface area contributed by atoms with Crippen LogP contribution < -0.4 is 32.6 Å². The number of carbonyl (C=O) groups excluding carboxylic acids is 3. The Bertz CT molecular complexity index is 2050. The van der Waals surface area contributed by atoms with Gasteiger partial charge in [0.25, 0.3) is 11.5 Å². The highest BCUT2D eigenvalue weighted by Crippen LogP contribution is 2.16. The van der Waals surface area contributed by atoms with Crippen molar-refractivity contribution >= 4 is 64.1 Å². The highest BCUT2D eigenvalue weighted by molar-refractivity contribution is 5.97. The minimum absolute atomic E-state index is 0.000622. The Kier molecular flexibility index (Phi) is 17.3. The predicted octanol–water partition coefficient (Wildman–Crippen LogP) is -1.36. The summed E-state index contributed by atoms with van der Waals surface area (Å²) in [5, 5.41) is 49.3. The Hall–Kier alpha value is -6.65. The van der Waals surface area contributed by atoms with Gasteiger partial charge in [-0.2, -0.15) is 0 Å². The molecule has 0 saturated carbocycles. The number of aliphatic carboxylic acids is 4. The molecule has 0 aliphatic carbocycles. The lowest BCUT2D eigenvalue weighted by molar-refractivity contribution is -0.145. The van der Waals surface area contributed by atoms with Gasteiger partial charge in [0.2, 0.25) is 17.8 Å². The van der Waals surface area contributed by atoms with Gasteiger partial charge in [-0.1, -0.05) is 6.07 Å². The molecule has 324 valence electrons. The topological polar surface area (TPSA) is 330 Å². The standard InChI is InChI=1S/C38H50N10O12/c39-38-44-27-6-1-23(19-26(27)35(56)45-38)20-42-25-4-2-24(3-5-25)34(55)43-28(36(57)58)7-9-30(49)40-11-12-41-31(50)10-8-29(37(59)60)48-17-15-46(21-32(51)52)13-14-47(16-18-48)22-33(53)54/h1-6,19,28-29,42H,7-18,20-22H2,(H,40,49)(H,41,50)(H,43,55)(H,51,52)(H,53,54)(H,57,58)(H,59,60)(H3,39,44,45,56)/t28-,29?/m0/s1. The van der Waals surface area contributed by atoms with E-state index in [2.05, 4.69) is 31.2 Å². The zero-order valence-corrected chi connectivity index (χ0v) is 32.7. The fraction of sp³-hybridized carbons (Fsp3) is 0.447. The summed E-state index contributed by atoms with van der Waals surface area (Å²) in [7, 11) is 0. The lowest BCUT2D eigenvalue weighted by Gasteiger charge is -2.30. The zero-order chi connectivity index (χ0) is 43.8. The Morgan fingerprint density at radius 1 is 0.750 bits per heavy atom. The van der Waals surface area contributed by atoms with E-state index >= 15 is 0 Å². The first kappa shape index (κ1) is 46.0. The minimum atomic E-state index is -1.37. The first-order chi connectivity index (χ1) is 28.6. The Morgan fingerprint density at radius 3 is 1.87 bits per heavy atom. The first-order valence-electron chi connectivity index (χ1n) is 19.1. The molecule has 60 heavy (non-hydrogen) atoms. The number of nitrogens with zero attached hydrogens (tertiary/aromatic N) is 4. The number of fused-ring (bicyclic) bond motifs is 1. The average molecular weight is 839 g/mol. The zero-order valence-electron chi connectivity index (χ0n) is 32.7. The molecule has 22 heteroatoms. The number of rotatable bonds is 21. The van der Waals surface area contributed by atoms with Gasteiger partial charge in [-0.05, 0) is 54.8 Å². The van der Waals surface area contributed by atoms with Crippen LogP contribution in [0.4, 0.5) is 11.6 Å². The Morgan fingerprint density at radius 2 is 1.32 bits per heavy atom. The number of benzene rings is 2. The van der Waals surface area contributed by atoms with E-state index in [0.29, 0.717) is 23.1 Å². The predicted molar refractivity (Wildman–Crippen MR) is 215 cm³/mol. The maximum Gasteiger partial charge on any atom is 0.326 e. The van der Waals surface area contributed by atoms with Crippen molar-refractivity contribution in [3.63, 3.8) is 0 Å². The molecule has 0 radical (unpaired) electrons. The monoisotopic (exact) mass is 838 g/mol. The summed E-state index contributed by atoms with van der Waals surface area (Å²) in [6, 6.07) is 8.96. The molecule has 0 spiro atoms. The smallest absolute Gasteiger partial charge is 0.326 e. The molecule has 2 atom stereocenters. The van der Waals surface area contributed by atoms with Crippen LogP contribution in [-0.2, 0) is 35.3 Å². The second kappa shape index (κ2) is 22.5. The van der Waals surface area contributed by atoms with E-state index < -0.39 is 53.7 Å². The summed E-state index contributed by atoms with van der Waals surface area (Å²) < 4.78 is 0. The molecule has 0 bridgehead atoms. The highest BCUT2D eigenvalue weighted by atomic mass is 16.4. The number of nitrogens with one attached hydrogen (secondary N) is 5. The number of hydrogen-bond acceptors (Lipinski definition) is 14. The van der Waals surface area contributed by atoms with Gasteiger partial charge >= 0.3 is 23.9 Å². The summed E-state index contributed by atoms with van der Waals surface area (Å²) in [5.74, 6) is -6.32. The van der Waals surface area contributed by atoms with Crippen LogP contribution in [0.25, 0.3) is 10.9 Å². The average Bonchev–Trinajstić information content (AvgIpc) is 3.27. The molecule has 1 aromatic heterocycles. The fourth-order valence-corrected chi connectivity index (χ4v) is 6.51. The molecule has 1 unspecified atom stereocenters. The van der Waals surface area contributed by atoms with E-state index in [-0.39, 0.29) is 108 Å². The molecular weight excluding hydrogens is 788 g/mol. The maximum absolute atomic E-state index is 12.8. The van der Waals surface area contributed by atoms with Crippen LogP contribution >= 0.6 is 0 Å². The van der Waals surface area contributed by atoms with Crippen molar-refractivity contribution in [1.29, 1.82) is 0 Å². The second-order valence-corrected chi connectivity index (χ2v) is 14.1. The number of carboxylic acid groups (broad SMARTS) is 4. The number of amides is 3. The third kappa shape index (κ3) is 14.9. The van der Waals surface area contributed by atoms with Crippen LogP contribution in [0, 0.1) is 0 Å². The molecule has 1 aliphatic rings. The number of aromatic nitrogens is 2. The number of anilines is 2. The van der Waals surface area contributed by atoms with Crippen molar-refractivity contribution in [2.75, 3.05) is 76.5 Å².